The average molecular weight is 405 g/mol. The molecule has 0 atom stereocenters. The van der Waals surface area contributed by atoms with Crippen LogP contribution in [0.25, 0.3) is 10.9 Å². The predicted molar refractivity (Wildman–Crippen MR) is 98.4 cm³/mol. The summed E-state index contributed by atoms with van der Waals surface area (Å²) in [4.78, 5) is 30.9. The third-order valence-corrected chi connectivity index (χ3v) is 5.17. The summed E-state index contributed by atoms with van der Waals surface area (Å²) in [6.45, 7) is 0.616. The van der Waals surface area contributed by atoms with Gasteiger partial charge in [-0.1, -0.05) is 24.3 Å². The van der Waals surface area contributed by atoms with Gasteiger partial charge in [0.15, 0.2) is 0 Å². The van der Waals surface area contributed by atoms with Crippen molar-refractivity contribution in [3.63, 3.8) is 0 Å². The lowest BCUT2D eigenvalue weighted by molar-refractivity contribution is -0.147. The van der Waals surface area contributed by atoms with Crippen LogP contribution in [-0.4, -0.2) is 43.2 Å². The van der Waals surface area contributed by atoms with Crippen molar-refractivity contribution in [1.29, 1.82) is 0 Å². The molecule has 7 nitrogen and oxygen atoms in total. The monoisotopic (exact) mass is 405 g/mol. The first-order valence-corrected chi connectivity index (χ1v) is 9.13. The molecule has 1 saturated heterocycles. The Balaban J connectivity index is 1.49. The molecule has 152 valence electrons. The topological polar surface area (TPSA) is 73.0 Å². The number of para-hydroxylation sites is 1. The van der Waals surface area contributed by atoms with E-state index in [0.29, 0.717) is 41.7 Å². The van der Waals surface area contributed by atoms with Crippen molar-refractivity contribution in [2.24, 2.45) is 7.05 Å². The minimum absolute atomic E-state index is 0.237. The largest absolute Gasteiger partial charge is 0.451 e. The molecule has 3 aromatic rings. The maximum atomic E-state index is 13.0. The molecule has 3 heterocycles. The molecule has 0 saturated carbocycles. The van der Waals surface area contributed by atoms with Crippen LogP contribution in [0.5, 0.6) is 0 Å². The van der Waals surface area contributed by atoms with Crippen LogP contribution in [0.3, 0.4) is 0 Å². The maximum Gasteiger partial charge on any atom is 0.451 e. The van der Waals surface area contributed by atoms with Gasteiger partial charge in [-0.15, -0.1) is 5.10 Å². The number of carbonyl (C=O) groups excluding carboxylic acids is 1. The Morgan fingerprint density at radius 2 is 1.79 bits per heavy atom. The molecule has 29 heavy (non-hydrogen) atoms. The number of nitrogens with zero attached hydrogens (tertiary/aromatic N) is 5. The van der Waals surface area contributed by atoms with Crippen molar-refractivity contribution in [3.05, 3.63) is 58.4 Å². The van der Waals surface area contributed by atoms with Crippen LogP contribution in [0, 0.1) is 0 Å². The van der Waals surface area contributed by atoms with Crippen molar-refractivity contribution >= 4 is 16.8 Å². The van der Waals surface area contributed by atoms with Gasteiger partial charge in [-0.2, -0.15) is 13.2 Å². The van der Waals surface area contributed by atoms with E-state index < -0.39 is 23.7 Å². The second-order valence-electron chi connectivity index (χ2n) is 7.02. The maximum absolute atomic E-state index is 13.0. The van der Waals surface area contributed by atoms with Crippen molar-refractivity contribution < 1.29 is 18.0 Å². The van der Waals surface area contributed by atoms with Crippen LogP contribution >= 0.6 is 0 Å². The second-order valence-corrected chi connectivity index (χ2v) is 7.02. The van der Waals surface area contributed by atoms with E-state index in [1.54, 1.807) is 11.0 Å². The van der Waals surface area contributed by atoms with Gasteiger partial charge in [-0.25, -0.2) is 14.5 Å². The number of piperidine rings is 1. The fourth-order valence-electron chi connectivity index (χ4n) is 3.60. The highest BCUT2D eigenvalue weighted by atomic mass is 19.4. The third-order valence-electron chi connectivity index (χ3n) is 5.17. The quantitative estimate of drug-likeness (QED) is 0.657. The first-order valence-electron chi connectivity index (χ1n) is 9.13. The molecule has 0 unspecified atom stereocenters. The van der Waals surface area contributed by atoms with Gasteiger partial charge in [0.1, 0.15) is 5.69 Å². The minimum atomic E-state index is -4.70. The molecule has 0 bridgehead atoms. The highest BCUT2D eigenvalue weighted by Crippen LogP contribution is 2.28. The van der Waals surface area contributed by atoms with Crippen molar-refractivity contribution in [3.8, 4) is 0 Å². The second kappa shape index (κ2) is 7.02. The lowest BCUT2D eigenvalue weighted by Crippen LogP contribution is -2.41. The van der Waals surface area contributed by atoms with Gasteiger partial charge < -0.3 is 4.90 Å². The van der Waals surface area contributed by atoms with Crippen LogP contribution in [0.2, 0.25) is 0 Å². The van der Waals surface area contributed by atoms with Gasteiger partial charge in [-0.3, -0.25) is 9.36 Å². The van der Waals surface area contributed by atoms with E-state index in [2.05, 4.69) is 10.1 Å². The van der Waals surface area contributed by atoms with E-state index in [1.807, 2.05) is 30.3 Å². The molecule has 2 aromatic heterocycles. The van der Waals surface area contributed by atoms with Crippen LogP contribution in [0.1, 0.15) is 35.2 Å². The molecule has 1 fully saturated rings. The number of rotatable bonds is 2. The van der Waals surface area contributed by atoms with Gasteiger partial charge in [0, 0.05) is 25.5 Å². The lowest BCUT2D eigenvalue weighted by atomic mass is 10.0. The van der Waals surface area contributed by atoms with Crippen molar-refractivity contribution in [2.45, 2.75) is 25.1 Å². The highest BCUT2D eigenvalue weighted by Gasteiger charge is 2.39. The van der Waals surface area contributed by atoms with Gasteiger partial charge >= 0.3 is 11.9 Å². The third kappa shape index (κ3) is 3.50. The number of benzene rings is 1. The smallest absolute Gasteiger partial charge is 0.337 e. The number of aromatic nitrogens is 4. The summed E-state index contributed by atoms with van der Waals surface area (Å²) < 4.78 is 40.3. The first-order chi connectivity index (χ1) is 13.8. The minimum Gasteiger partial charge on any atom is -0.337 e. The molecular weight excluding hydrogens is 387 g/mol. The van der Waals surface area contributed by atoms with Gasteiger partial charge in [0.2, 0.25) is 5.82 Å². The number of carbonyl (C=O) groups is 1. The molecule has 0 spiro atoms. The predicted octanol–water partition coefficient (Wildman–Crippen LogP) is 2.63. The summed E-state index contributed by atoms with van der Waals surface area (Å²) in [5.74, 6) is -1.46. The summed E-state index contributed by atoms with van der Waals surface area (Å²) in [6, 6.07) is 10.5. The number of alkyl halides is 3. The zero-order valence-electron chi connectivity index (χ0n) is 15.6. The summed E-state index contributed by atoms with van der Waals surface area (Å²) in [5, 5.41) is 4.42. The van der Waals surface area contributed by atoms with E-state index in [0.717, 1.165) is 17.1 Å². The van der Waals surface area contributed by atoms with Crippen LogP contribution < -0.4 is 5.69 Å². The molecule has 0 aliphatic carbocycles. The SMILES string of the molecule is Cn1c(C(F)(F)F)nn(C2CCN(C(=O)c3ccc4ccccc4n3)CC2)c1=O. The molecule has 0 radical (unpaired) electrons. The molecule has 1 aliphatic heterocycles. The Bertz CT molecular complexity index is 1130. The molecular formula is C19H18F3N5O2. The first kappa shape index (κ1) is 19.2. The molecule has 1 amide bonds. The fraction of sp³-hybridized carbons (Fsp3) is 0.368. The standard InChI is InChI=1S/C19H18F3N5O2/c1-25-17(19(20,21)22)24-27(18(25)29)13-8-10-26(11-9-13)16(28)15-7-6-12-4-2-3-5-14(12)23-15/h2-7,13H,8-11H2,1H3. The van der Waals surface area contributed by atoms with Crippen molar-refractivity contribution in [1.82, 2.24) is 24.2 Å². The summed E-state index contributed by atoms with van der Waals surface area (Å²) in [6.07, 6.45) is -4.02. The summed E-state index contributed by atoms with van der Waals surface area (Å²) in [7, 11) is 1.05. The fourth-order valence-corrected chi connectivity index (χ4v) is 3.60. The van der Waals surface area contributed by atoms with Crippen LogP contribution in [0.15, 0.2) is 41.2 Å². The Labute approximate surface area is 163 Å². The Hall–Kier alpha value is -3.17. The molecule has 1 aromatic carbocycles. The summed E-state index contributed by atoms with van der Waals surface area (Å²) >= 11 is 0. The van der Waals surface area contributed by atoms with E-state index in [9.17, 15) is 22.8 Å². The Morgan fingerprint density at radius 1 is 1.10 bits per heavy atom. The molecule has 10 heteroatoms. The zero-order chi connectivity index (χ0) is 20.8. The summed E-state index contributed by atoms with van der Waals surface area (Å²) in [5.41, 5.74) is 0.225. The van der Waals surface area contributed by atoms with Crippen LogP contribution in [-0.2, 0) is 13.2 Å². The number of likely N-dealkylation sites (tertiary alicyclic amines) is 1. The number of pyridine rings is 1. The van der Waals surface area contributed by atoms with Crippen LogP contribution in [0.4, 0.5) is 13.2 Å². The van der Waals surface area contributed by atoms with Crippen molar-refractivity contribution in [2.75, 3.05) is 13.1 Å². The van der Waals surface area contributed by atoms with E-state index in [-0.39, 0.29) is 5.91 Å². The van der Waals surface area contributed by atoms with Gasteiger partial charge in [0.05, 0.1) is 11.6 Å². The highest BCUT2D eigenvalue weighted by molar-refractivity contribution is 5.94. The number of halogens is 3. The molecule has 0 N–H and O–H groups in total. The zero-order valence-corrected chi connectivity index (χ0v) is 15.6. The number of hydrogen-bond donors (Lipinski definition) is 0. The molecule has 4 rings (SSSR count). The number of amides is 1. The van der Waals surface area contributed by atoms with Gasteiger partial charge in [0.25, 0.3) is 5.91 Å². The Kier molecular flexibility index (Phi) is 4.64. The Morgan fingerprint density at radius 3 is 2.45 bits per heavy atom. The average Bonchev–Trinajstić information content (AvgIpc) is 3.02. The normalized spacial score (nSPS) is 15.8. The number of hydrogen-bond acceptors (Lipinski definition) is 4. The number of fused-ring (bicyclic) bond motifs is 1. The van der Waals surface area contributed by atoms with E-state index in [1.165, 1.54) is 0 Å². The van der Waals surface area contributed by atoms with E-state index in [4.69, 9.17) is 0 Å². The van der Waals surface area contributed by atoms with Gasteiger partial charge in [-0.05, 0) is 25.0 Å². The molecule has 1 aliphatic rings. The lowest BCUT2D eigenvalue weighted by Gasteiger charge is -2.31. The van der Waals surface area contributed by atoms with E-state index >= 15 is 0 Å².